The molecule has 2 aromatic heterocycles. The van der Waals surface area contributed by atoms with Gasteiger partial charge in [-0.25, -0.2) is 9.97 Å². The summed E-state index contributed by atoms with van der Waals surface area (Å²) in [6, 6.07) is 9.80. The molecule has 0 saturated carbocycles. The number of rotatable bonds is 7. The third-order valence-corrected chi connectivity index (χ3v) is 5.15. The van der Waals surface area contributed by atoms with Crippen LogP contribution in [0.3, 0.4) is 0 Å². The van der Waals surface area contributed by atoms with Gasteiger partial charge in [0, 0.05) is 25.7 Å². The topological polar surface area (TPSA) is 124 Å². The highest BCUT2D eigenvalue weighted by Crippen LogP contribution is 2.38. The Labute approximate surface area is 180 Å². The number of hydrogen-bond acceptors (Lipinski definition) is 9. The lowest BCUT2D eigenvalue weighted by molar-refractivity contribution is 0.136. The van der Waals surface area contributed by atoms with Crippen molar-refractivity contribution in [2.75, 3.05) is 45.7 Å². The van der Waals surface area contributed by atoms with Gasteiger partial charge in [-0.05, 0) is 19.2 Å². The number of aromatic nitrogens is 4. The molecule has 0 radical (unpaired) electrons. The highest BCUT2D eigenvalue weighted by atomic mass is 16.5. The van der Waals surface area contributed by atoms with Gasteiger partial charge in [0.05, 0.1) is 36.8 Å². The zero-order valence-electron chi connectivity index (χ0n) is 17.4. The van der Waals surface area contributed by atoms with E-state index in [0.717, 1.165) is 30.9 Å². The van der Waals surface area contributed by atoms with Gasteiger partial charge in [-0.2, -0.15) is 10.4 Å². The number of piperazine rings is 1. The van der Waals surface area contributed by atoms with Crippen LogP contribution in [0.1, 0.15) is 5.69 Å². The number of hydrogen-bond donors (Lipinski definition) is 3. The Morgan fingerprint density at radius 2 is 2.13 bits per heavy atom. The van der Waals surface area contributed by atoms with Crippen molar-refractivity contribution in [3.63, 3.8) is 0 Å². The lowest BCUT2D eigenvalue weighted by atomic mass is 10.1. The summed E-state index contributed by atoms with van der Waals surface area (Å²) in [5.41, 5.74) is 1.79. The van der Waals surface area contributed by atoms with Crippen LogP contribution in [0.5, 0.6) is 11.5 Å². The van der Waals surface area contributed by atoms with Crippen LogP contribution in [0.4, 0.5) is 11.6 Å². The Morgan fingerprint density at radius 3 is 2.87 bits per heavy atom. The normalized spacial score (nSPS) is 16.5. The third-order valence-electron chi connectivity index (χ3n) is 5.15. The molecule has 3 N–H and O–H groups in total. The SMILES string of the molecule is COc1cccc(OCC2CNCCN2C)c1-c1cc(Nc2cnc(C#N)cn2)n[nH]1. The second-order valence-corrected chi connectivity index (χ2v) is 7.17. The second kappa shape index (κ2) is 9.42. The maximum absolute atomic E-state index is 8.84. The maximum Gasteiger partial charge on any atom is 0.158 e. The van der Waals surface area contributed by atoms with Crippen molar-refractivity contribution in [2.24, 2.45) is 0 Å². The summed E-state index contributed by atoms with van der Waals surface area (Å²) < 4.78 is 11.8. The second-order valence-electron chi connectivity index (χ2n) is 7.17. The fourth-order valence-electron chi connectivity index (χ4n) is 3.40. The van der Waals surface area contributed by atoms with Crippen molar-refractivity contribution in [1.29, 1.82) is 5.26 Å². The largest absolute Gasteiger partial charge is 0.496 e. The van der Waals surface area contributed by atoms with E-state index in [2.05, 4.69) is 42.7 Å². The van der Waals surface area contributed by atoms with E-state index in [0.29, 0.717) is 35.8 Å². The number of nitrogens with zero attached hydrogens (tertiary/aromatic N) is 5. The van der Waals surface area contributed by atoms with Gasteiger partial charge < -0.3 is 20.1 Å². The van der Waals surface area contributed by atoms with Crippen molar-refractivity contribution in [3.8, 4) is 28.8 Å². The van der Waals surface area contributed by atoms with Gasteiger partial charge in [-0.3, -0.25) is 10.00 Å². The molecule has 160 valence electrons. The zero-order chi connectivity index (χ0) is 21.6. The molecule has 1 aromatic carbocycles. The Bertz CT molecular complexity index is 1060. The van der Waals surface area contributed by atoms with Gasteiger partial charge in [-0.15, -0.1) is 0 Å². The summed E-state index contributed by atoms with van der Waals surface area (Å²) >= 11 is 0. The van der Waals surface area contributed by atoms with Crippen LogP contribution in [0, 0.1) is 11.3 Å². The van der Waals surface area contributed by atoms with Gasteiger partial charge in [0.2, 0.25) is 0 Å². The van der Waals surface area contributed by atoms with E-state index >= 15 is 0 Å². The number of benzene rings is 1. The minimum atomic E-state index is 0.253. The predicted molar refractivity (Wildman–Crippen MR) is 115 cm³/mol. The monoisotopic (exact) mass is 420 g/mol. The van der Waals surface area contributed by atoms with E-state index in [-0.39, 0.29) is 5.69 Å². The molecule has 0 aliphatic carbocycles. The Morgan fingerprint density at radius 1 is 1.26 bits per heavy atom. The fraction of sp³-hybridized carbons (Fsp3) is 0.333. The first-order valence-corrected chi connectivity index (χ1v) is 9.93. The van der Waals surface area contributed by atoms with Crippen LogP contribution in [0.25, 0.3) is 11.3 Å². The quantitative estimate of drug-likeness (QED) is 0.524. The van der Waals surface area contributed by atoms with Gasteiger partial charge in [0.1, 0.15) is 30.0 Å². The van der Waals surface area contributed by atoms with Gasteiger partial charge in [0.25, 0.3) is 0 Å². The van der Waals surface area contributed by atoms with Crippen molar-refractivity contribution in [3.05, 3.63) is 42.4 Å². The van der Waals surface area contributed by atoms with Crippen molar-refractivity contribution in [1.82, 2.24) is 30.4 Å². The van der Waals surface area contributed by atoms with Crippen LogP contribution in [0.2, 0.25) is 0 Å². The van der Waals surface area contributed by atoms with Gasteiger partial charge in [-0.1, -0.05) is 6.07 Å². The van der Waals surface area contributed by atoms with Crippen LogP contribution in [-0.4, -0.2) is 71.5 Å². The lowest BCUT2D eigenvalue weighted by Crippen LogP contribution is -2.51. The third kappa shape index (κ3) is 4.74. The Balaban J connectivity index is 1.54. The van der Waals surface area contributed by atoms with Crippen LogP contribution < -0.4 is 20.1 Å². The summed E-state index contributed by atoms with van der Waals surface area (Å²) in [5, 5.41) is 22.7. The minimum absolute atomic E-state index is 0.253. The van der Waals surface area contributed by atoms with Crippen molar-refractivity contribution >= 4 is 11.6 Å². The Hall–Kier alpha value is -3.68. The van der Waals surface area contributed by atoms with E-state index in [9.17, 15) is 0 Å². The van der Waals surface area contributed by atoms with Crippen LogP contribution >= 0.6 is 0 Å². The van der Waals surface area contributed by atoms with Gasteiger partial charge in [0.15, 0.2) is 11.5 Å². The molecular formula is C21H24N8O2. The number of nitrogens with one attached hydrogen (secondary N) is 3. The summed E-state index contributed by atoms with van der Waals surface area (Å²) in [5.74, 6) is 2.44. The average Bonchev–Trinajstić information content (AvgIpc) is 3.26. The molecule has 1 unspecified atom stereocenters. The van der Waals surface area contributed by atoms with E-state index in [1.165, 1.54) is 12.4 Å². The van der Waals surface area contributed by atoms with Crippen molar-refractivity contribution < 1.29 is 9.47 Å². The number of ether oxygens (including phenoxy) is 2. The maximum atomic E-state index is 8.84. The molecular weight excluding hydrogens is 396 g/mol. The minimum Gasteiger partial charge on any atom is -0.496 e. The molecule has 10 heteroatoms. The number of aromatic amines is 1. The molecule has 10 nitrogen and oxygen atoms in total. The molecule has 1 aliphatic heterocycles. The number of methoxy groups -OCH3 is 1. The highest BCUT2D eigenvalue weighted by molar-refractivity contribution is 5.76. The Kier molecular flexibility index (Phi) is 6.26. The molecule has 1 aliphatic rings. The van der Waals surface area contributed by atoms with E-state index in [1.54, 1.807) is 7.11 Å². The molecule has 4 rings (SSSR count). The van der Waals surface area contributed by atoms with E-state index in [4.69, 9.17) is 14.7 Å². The smallest absolute Gasteiger partial charge is 0.158 e. The molecule has 1 atom stereocenters. The first-order valence-electron chi connectivity index (χ1n) is 9.93. The number of nitriles is 1. The molecule has 0 spiro atoms. The number of H-pyrrole nitrogens is 1. The number of likely N-dealkylation sites (N-methyl/N-ethyl adjacent to an activating group) is 1. The molecule has 0 bridgehead atoms. The summed E-state index contributed by atoms with van der Waals surface area (Å²) in [6.45, 7) is 3.43. The van der Waals surface area contributed by atoms with Gasteiger partial charge >= 0.3 is 0 Å². The molecule has 31 heavy (non-hydrogen) atoms. The molecule has 3 aromatic rings. The summed E-state index contributed by atoms with van der Waals surface area (Å²) in [4.78, 5) is 10.5. The standard InChI is InChI=1S/C21H24N8O2/c1-29-7-6-23-11-15(29)13-31-18-5-3-4-17(30-2)21(18)16-8-19(28-27-16)26-20-12-24-14(9-22)10-25-20/h3-5,8,10,12,15,23H,6-7,11,13H2,1-2H3,(H2,25,26,27,28). The molecule has 3 heterocycles. The van der Waals surface area contributed by atoms with E-state index < -0.39 is 0 Å². The summed E-state index contributed by atoms with van der Waals surface area (Å²) in [7, 11) is 3.74. The zero-order valence-corrected chi connectivity index (χ0v) is 17.4. The van der Waals surface area contributed by atoms with Crippen molar-refractivity contribution in [2.45, 2.75) is 6.04 Å². The molecule has 1 saturated heterocycles. The summed E-state index contributed by atoms with van der Waals surface area (Å²) in [6.07, 6.45) is 2.89. The average molecular weight is 420 g/mol. The number of anilines is 2. The molecule has 0 amide bonds. The van der Waals surface area contributed by atoms with Crippen LogP contribution in [-0.2, 0) is 0 Å². The lowest BCUT2D eigenvalue weighted by Gasteiger charge is -2.33. The first-order chi connectivity index (χ1) is 15.2. The molecule has 1 fully saturated rings. The first kappa shape index (κ1) is 20.6. The van der Waals surface area contributed by atoms with Crippen LogP contribution in [0.15, 0.2) is 36.7 Å². The predicted octanol–water partition coefficient (Wildman–Crippen LogP) is 1.77. The van der Waals surface area contributed by atoms with E-state index in [1.807, 2.05) is 30.3 Å². The highest BCUT2D eigenvalue weighted by Gasteiger charge is 2.21. The fourth-order valence-corrected chi connectivity index (χ4v) is 3.40.